The van der Waals surface area contributed by atoms with Gasteiger partial charge in [-0.05, 0) is 47.2 Å². The van der Waals surface area contributed by atoms with Crippen LogP contribution in [0.25, 0.3) is 0 Å². The van der Waals surface area contributed by atoms with Crippen molar-refractivity contribution in [3.8, 4) is 6.07 Å². The summed E-state index contributed by atoms with van der Waals surface area (Å²) in [5.41, 5.74) is 1.59. The summed E-state index contributed by atoms with van der Waals surface area (Å²) in [6.45, 7) is 5.31. The van der Waals surface area contributed by atoms with E-state index in [4.69, 9.17) is 0 Å². The number of hydrogen-bond donors (Lipinski definition) is 1. The molecule has 0 bridgehead atoms. The third-order valence-electron chi connectivity index (χ3n) is 3.45. The molecule has 0 spiro atoms. The van der Waals surface area contributed by atoms with Crippen LogP contribution >= 0.6 is 27.7 Å². The Morgan fingerprint density at radius 1 is 1.39 bits per heavy atom. The summed E-state index contributed by atoms with van der Waals surface area (Å²) in [5, 5.41) is 12.6. The predicted molar refractivity (Wildman–Crippen MR) is 84.2 cm³/mol. The molecule has 1 rings (SSSR count). The van der Waals surface area contributed by atoms with E-state index in [1.54, 1.807) is 0 Å². The van der Waals surface area contributed by atoms with Crippen molar-refractivity contribution in [1.29, 1.82) is 5.26 Å². The number of nitrogens with one attached hydrogen (secondary N) is 1. The number of anilines is 1. The molecule has 4 heteroatoms. The van der Waals surface area contributed by atoms with Crippen LogP contribution in [0.4, 0.5) is 5.69 Å². The molecule has 0 aliphatic carbocycles. The molecule has 0 heterocycles. The summed E-state index contributed by atoms with van der Waals surface area (Å²) in [6, 6.07) is 8.04. The number of rotatable bonds is 6. The van der Waals surface area contributed by atoms with Gasteiger partial charge in [0.1, 0.15) is 6.07 Å². The average molecular weight is 327 g/mol. The summed E-state index contributed by atoms with van der Waals surface area (Å²) >= 11 is 5.31. The number of hydrogen-bond acceptors (Lipinski definition) is 3. The van der Waals surface area contributed by atoms with Crippen molar-refractivity contribution in [1.82, 2.24) is 0 Å². The van der Waals surface area contributed by atoms with Crippen LogP contribution in [0.1, 0.15) is 32.3 Å². The lowest BCUT2D eigenvalue weighted by Gasteiger charge is -2.30. The Balaban J connectivity index is 2.87. The minimum Gasteiger partial charge on any atom is -0.383 e. The van der Waals surface area contributed by atoms with Crippen molar-refractivity contribution in [2.75, 3.05) is 18.1 Å². The highest BCUT2D eigenvalue weighted by Gasteiger charge is 2.24. The lowest BCUT2D eigenvalue weighted by molar-refractivity contribution is 0.574. The van der Waals surface area contributed by atoms with Gasteiger partial charge in [-0.15, -0.1) is 0 Å². The fourth-order valence-electron chi connectivity index (χ4n) is 1.90. The summed E-state index contributed by atoms with van der Waals surface area (Å²) in [5.74, 6) is 0. The first-order valence-corrected chi connectivity index (χ1v) is 8.12. The molecule has 0 aliphatic rings. The van der Waals surface area contributed by atoms with Gasteiger partial charge in [-0.3, -0.25) is 0 Å². The third kappa shape index (κ3) is 3.43. The van der Waals surface area contributed by atoms with Gasteiger partial charge in [0.2, 0.25) is 0 Å². The topological polar surface area (TPSA) is 35.8 Å². The Kier molecular flexibility index (Phi) is 6.04. The van der Waals surface area contributed by atoms with Gasteiger partial charge in [0.05, 0.1) is 11.3 Å². The minimum absolute atomic E-state index is 0.245. The molecule has 1 N–H and O–H groups in total. The lowest BCUT2D eigenvalue weighted by atomic mass is 10.0. The lowest BCUT2D eigenvalue weighted by Crippen LogP contribution is -2.32. The summed E-state index contributed by atoms with van der Waals surface area (Å²) in [4.78, 5) is 0. The van der Waals surface area contributed by atoms with E-state index >= 15 is 0 Å². The number of thioether (sulfide) groups is 1. The van der Waals surface area contributed by atoms with E-state index in [0.717, 1.165) is 29.5 Å². The molecule has 0 aliphatic heterocycles. The SMILES string of the molecule is CCC(CC)(CNc1cccc(Br)c1C#N)SC. The largest absolute Gasteiger partial charge is 0.383 e. The van der Waals surface area contributed by atoms with Crippen LogP contribution in [0.15, 0.2) is 22.7 Å². The van der Waals surface area contributed by atoms with Crippen LogP contribution < -0.4 is 5.32 Å². The molecule has 0 fully saturated rings. The van der Waals surface area contributed by atoms with Gasteiger partial charge in [-0.1, -0.05) is 19.9 Å². The van der Waals surface area contributed by atoms with Crippen molar-refractivity contribution in [2.45, 2.75) is 31.4 Å². The normalized spacial score (nSPS) is 11.1. The predicted octanol–water partition coefficient (Wildman–Crippen LogP) is 4.65. The van der Waals surface area contributed by atoms with E-state index in [9.17, 15) is 5.26 Å². The molecule has 0 unspecified atom stereocenters. The fraction of sp³-hybridized carbons (Fsp3) is 0.500. The molecule has 1 aromatic carbocycles. The number of nitrogens with zero attached hydrogens (tertiary/aromatic N) is 1. The highest BCUT2D eigenvalue weighted by atomic mass is 79.9. The van der Waals surface area contributed by atoms with Crippen molar-refractivity contribution >= 4 is 33.4 Å². The van der Waals surface area contributed by atoms with E-state index in [2.05, 4.69) is 47.4 Å². The van der Waals surface area contributed by atoms with Gasteiger partial charge in [-0.2, -0.15) is 17.0 Å². The molecular weight excluding hydrogens is 308 g/mol. The Morgan fingerprint density at radius 3 is 2.56 bits per heavy atom. The molecule has 18 heavy (non-hydrogen) atoms. The summed E-state index contributed by atoms with van der Waals surface area (Å²) in [7, 11) is 0. The highest BCUT2D eigenvalue weighted by Crippen LogP contribution is 2.32. The quantitative estimate of drug-likeness (QED) is 0.826. The molecule has 98 valence electrons. The number of halogens is 1. The third-order valence-corrected chi connectivity index (χ3v) is 5.70. The molecule has 2 nitrogen and oxygen atoms in total. The molecule has 0 radical (unpaired) electrons. The molecule has 0 saturated heterocycles. The van der Waals surface area contributed by atoms with E-state index in [1.165, 1.54) is 0 Å². The van der Waals surface area contributed by atoms with Crippen LogP contribution in [0.5, 0.6) is 0 Å². The van der Waals surface area contributed by atoms with Crippen molar-refractivity contribution in [2.24, 2.45) is 0 Å². The summed E-state index contributed by atoms with van der Waals surface area (Å²) in [6.07, 6.45) is 4.39. The first kappa shape index (κ1) is 15.4. The second kappa shape index (κ2) is 7.06. The van der Waals surface area contributed by atoms with Gasteiger partial charge in [0.25, 0.3) is 0 Å². The second-order valence-electron chi connectivity index (χ2n) is 4.22. The van der Waals surface area contributed by atoms with Gasteiger partial charge in [0, 0.05) is 15.8 Å². The molecule has 1 aromatic rings. The van der Waals surface area contributed by atoms with E-state index in [1.807, 2.05) is 30.0 Å². The van der Waals surface area contributed by atoms with Crippen LogP contribution in [0.3, 0.4) is 0 Å². The molecule has 0 atom stereocenters. The van der Waals surface area contributed by atoms with Crippen LogP contribution in [-0.2, 0) is 0 Å². The first-order chi connectivity index (χ1) is 8.62. The standard InChI is InChI=1S/C14H19BrN2S/c1-4-14(5-2,18-3)10-17-13-8-6-7-12(15)11(13)9-16/h6-8,17H,4-5,10H2,1-3H3. The highest BCUT2D eigenvalue weighted by molar-refractivity contribution is 9.10. The zero-order chi connectivity index (χ0) is 13.6. The minimum atomic E-state index is 0.245. The molecular formula is C14H19BrN2S. The van der Waals surface area contributed by atoms with Crippen molar-refractivity contribution < 1.29 is 0 Å². The van der Waals surface area contributed by atoms with Gasteiger partial charge in [-0.25, -0.2) is 0 Å². The Labute approximate surface area is 122 Å². The zero-order valence-corrected chi connectivity index (χ0v) is 13.5. The van der Waals surface area contributed by atoms with Gasteiger partial charge in [0.15, 0.2) is 0 Å². The summed E-state index contributed by atoms with van der Waals surface area (Å²) < 4.78 is 1.09. The Morgan fingerprint density at radius 2 is 2.06 bits per heavy atom. The van der Waals surface area contributed by atoms with Crippen LogP contribution in [-0.4, -0.2) is 17.5 Å². The van der Waals surface area contributed by atoms with E-state index < -0.39 is 0 Å². The first-order valence-electron chi connectivity index (χ1n) is 6.10. The Bertz CT molecular complexity index is 428. The van der Waals surface area contributed by atoms with Gasteiger partial charge >= 0.3 is 0 Å². The maximum Gasteiger partial charge on any atom is 0.103 e. The average Bonchev–Trinajstić information content (AvgIpc) is 2.41. The molecule has 0 amide bonds. The Hall–Kier alpha value is -0.660. The van der Waals surface area contributed by atoms with E-state index in [-0.39, 0.29) is 4.75 Å². The monoisotopic (exact) mass is 326 g/mol. The van der Waals surface area contributed by atoms with Crippen molar-refractivity contribution in [3.63, 3.8) is 0 Å². The van der Waals surface area contributed by atoms with Crippen molar-refractivity contribution in [3.05, 3.63) is 28.2 Å². The number of nitriles is 1. The zero-order valence-electron chi connectivity index (χ0n) is 11.1. The van der Waals surface area contributed by atoms with Crippen LogP contribution in [0, 0.1) is 11.3 Å². The molecule has 0 saturated carbocycles. The van der Waals surface area contributed by atoms with Crippen LogP contribution in [0.2, 0.25) is 0 Å². The smallest absolute Gasteiger partial charge is 0.103 e. The maximum absolute atomic E-state index is 9.18. The molecule has 0 aromatic heterocycles. The van der Waals surface area contributed by atoms with E-state index in [0.29, 0.717) is 5.56 Å². The second-order valence-corrected chi connectivity index (χ2v) is 6.35. The number of benzene rings is 1. The fourth-order valence-corrected chi connectivity index (χ4v) is 3.15. The maximum atomic E-state index is 9.18. The van der Waals surface area contributed by atoms with Gasteiger partial charge < -0.3 is 5.32 Å².